The third-order valence-corrected chi connectivity index (χ3v) is 3.78. The molecule has 1 amide bonds. The average molecular weight is 333 g/mol. The van der Waals surface area contributed by atoms with Crippen molar-refractivity contribution in [2.24, 2.45) is 0 Å². The van der Waals surface area contributed by atoms with Gasteiger partial charge in [0, 0.05) is 11.0 Å². The van der Waals surface area contributed by atoms with Crippen molar-refractivity contribution in [3.63, 3.8) is 0 Å². The summed E-state index contributed by atoms with van der Waals surface area (Å²) in [6.07, 6.45) is 0. The highest BCUT2D eigenvalue weighted by Crippen LogP contribution is 2.16. The van der Waals surface area contributed by atoms with Crippen molar-refractivity contribution >= 4 is 21.8 Å². The number of alkyl halides is 1. The first-order valence-corrected chi connectivity index (χ1v) is 7.60. The molecule has 2 rings (SSSR count). The fraction of sp³-hybridized carbons (Fsp3) is 0.250. The first-order chi connectivity index (χ1) is 9.61. The lowest BCUT2D eigenvalue weighted by molar-refractivity contribution is 0.0939. The summed E-state index contributed by atoms with van der Waals surface area (Å²) >= 11 is 3.45. The molecule has 0 spiro atoms. The van der Waals surface area contributed by atoms with E-state index in [1.165, 1.54) is 0 Å². The SMILES string of the molecule is Cc1ccc(C(=O)NC(CBr)c2ccccc2)c(C)n1. The molecule has 0 saturated carbocycles. The highest BCUT2D eigenvalue weighted by atomic mass is 79.9. The summed E-state index contributed by atoms with van der Waals surface area (Å²) in [7, 11) is 0. The molecule has 1 heterocycles. The molecule has 0 bridgehead atoms. The molecule has 1 aromatic carbocycles. The van der Waals surface area contributed by atoms with Crippen LogP contribution in [0.5, 0.6) is 0 Å². The molecule has 20 heavy (non-hydrogen) atoms. The molecule has 1 N–H and O–H groups in total. The van der Waals surface area contributed by atoms with Gasteiger partial charge in [0.05, 0.1) is 17.3 Å². The lowest BCUT2D eigenvalue weighted by atomic mass is 10.1. The molecule has 4 heteroatoms. The topological polar surface area (TPSA) is 42.0 Å². The van der Waals surface area contributed by atoms with Gasteiger partial charge in [-0.2, -0.15) is 0 Å². The fourth-order valence-corrected chi connectivity index (χ4v) is 2.59. The van der Waals surface area contributed by atoms with E-state index in [2.05, 4.69) is 26.2 Å². The first-order valence-electron chi connectivity index (χ1n) is 6.48. The van der Waals surface area contributed by atoms with Gasteiger partial charge in [0.15, 0.2) is 0 Å². The lowest BCUT2D eigenvalue weighted by Crippen LogP contribution is -2.30. The van der Waals surface area contributed by atoms with Crippen molar-refractivity contribution in [1.82, 2.24) is 10.3 Å². The van der Waals surface area contributed by atoms with Crippen molar-refractivity contribution in [1.29, 1.82) is 0 Å². The van der Waals surface area contributed by atoms with Crippen LogP contribution in [0.4, 0.5) is 0 Å². The van der Waals surface area contributed by atoms with Crippen LogP contribution in [0, 0.1) is 13.8 Å². The standard InChI is InChI=1S/C16H17BrN2O/c1-11-8-9-14(12(2)18-11)16(20)19-15(10-17)13-6-4-3-5-7-13/h3-9,15H,10H2,1-2H3,(H,19,20). The summed E-state index contributed by atoms with van der Waals surface area (Å²) < 4.78 is 0. The van der Waals surface area contributed by atoms with Gasteiger partial charge in [-0.05, 0) is 31.5 Å². The highest BCUT2D eigenvalue weighted by molar-refractivity contribution is 9.09. The third-order valence-electron chi connectivity index (χ3n) is 3.13. The second kappa shape index (κ2) is 6.66. The number of aromatic nitrogens is 1. The zero-order chi connectivity index (χ0) is 14.5. The number of pyridine rings is 1. The van der Waals surface area contributed by atoms with Crippen LogP contribution in [-0.2, 0) is 0 Å². The molecule has 1 unspecified atom stereocenters. The summed E-state index contributed by atoms with van der Waals surface area (Å²) in [5.74, 6) is -0.0942. The van der Waals surface area contributed by atoms with Gasteiger partial charge in [-0.3, -0.25) is 9.78 Å². The van der Waals surface area contributed by atoms with Crippen LogP contribution in [-0.4, -0.2) is 16.2 Å². The van der Waals surface area contributed by atoms with E-state index >= 15 is 0 Å². The molecular formula is C16H17BrN2O. The molecule has 1 aromatic heterocycles. The molecule has 104 valence electrons. The number of nitrogens with one attached hydrogen (secondary N) is 1. The van der Waals surface area contributed by atoms with E-state index < -0.39 is 0 Å². The zero-order valence-corrected chi connectivity index (χ0v) is 13.1. The van der Waals surface area contributed by atoms with E-state index in [1.54, 1.807) is 0 Å². The Kier molecular flexibility index (Phi) is 4.90. The summed E-state index contributed by atoms with van der Waals surface area (Å²) in [4.78, 5) is 16.7. The number of aryl methyl sites for hydroxylation is 2. The molecule has 3 nitrogen and oxygen atoms in total. The van der Waals surface area contributed by atoms with Crippen molar-refractivity contribution in [2.45, 2.75) is 19.9 Å². The fourth-order valence-electron chi connectivity index (χ4n) is 2.06. The van der Waals surface area contributed by atoms with Gasteiger partial charge < -0.3 is 5.32 Å². The van der Waals surface area contributed by atoms with E-state index in [1.807, 2.05) is 56.3 Å². The Morgan fingerprint density at radius 2 is 1.90 bits per heavy atom. The Balaban J connectivity index is 2.17. The van der Waals surface area contributed by atoms with Crippen molar-refractivity contribution < 1.29 is 4.79 Å². The van der Waals surface area contributed by atoms with Crippen LogP contribution in [0.2, 0.25) is 0 Å². The van der Waals surface area contributed by atoms with Crippen LogP contribution >= 0.6 is 15.9 Å². The second-order valence-corrected chi connectivity index (χ2v) is 5.32. The number of amides is 1. The molecule has 0 saturated heterocycles. The van der Waals surface area contributed by atoms with Crippen LogP contribution < -0.4 is 5.32 Å². The number of halogens is 1. The molecule has 0 aliphatic carbocycles. The predicted molar refractivity (Wildman–Crippen MR) is 84.2 cm³/mol. The number of carbonyl (C=O) groups excluding carboxylic acids is 1. The van der Waals surface area contributed by atoms with E-state index in [4.69, 9.17) is 0 Å². The minimum Gasteiger partial charge on any atom is -0.344 e. The quantitative estimate of drug-likeness (QED) is 0.869. The minimum atomic E-state index is -0.0942. The maximum absolute atomic E-state index is 12.3. The van der Waals surface area contributed by atoms with Gasteiger partial charge in [0.25, 0.3) is 5.91 Å². The number of hydrogen-bond acceptors (Lipinski definition) is 2. The van der Waals surface area contributed by atoms with Gasteiger partial charge in [-0.1, -0.05) is 46.3 Å². The Hall–Kier alpha value is -1.68. The number of nitrogens with zero attached hydrogens (tertiary/aromatic N) is 1. The second-order valence-electron chi connectivity index (χ2n) is 4.68. The molecule has 2 aromatic rings. The highest BCUT2D eigenvalue weighted by Gasteiger charge is 2.16. The van der Waals surface area contributed by atoms with Gasteiger partial charge >= 0.3 is 0 Å². The number of carbonyl (C=O) groups is 1. The summed E-state index contributed by atoms with van der Waals surface area (Å²) in [6.45, 7) is 3.77. The first kappa shape index (κ1) is 14.7. The minimum absolute atomic E-state index is 0.0515. The van der Waals surface area contributed by atoms with E-state index in [0.29, 0.717) is 10.9 Å². The number of rotatable bonds is 4. The normalized spacial score (nSPS) is 11.9. The Morgan fingerprint density at radius 3 is 2.50 bits per heavy atom. The van der Waals surface area contributed by atoms with Crippen LogP contribution in [0.15, 0.2) is 42.5 Å². The summed E-state index contributed by atoms with van der Waals surface area (Å²) in [5.41, 5.74) is 3.37. The molecule has 0 aliphatic rings. The Bertz CT molecular complexity index is 599. The average Bonchev–Trinajstić information content (AvgIpc) is 2.45. The van der Waals surface area contributed by atoms with Crippen molar-refractivity contribution in [3.8, 4) is 0 Å². The monoisotopic (exact) mass is 332 g/mol. The van der Waals surface area contributed by atoms with Crippen molar-refractivity contribution in [3.05, 3.63) is 65.0 Å². The van der Waals surface area contributed by atoms with E-state index in [9.17, 15) is 4.79 Å². The van der Waals surface area contributed by atoms with E-state index in [-0.39, 0.29) is 11.9 Å². The third kappa shape index (κ3) is 3.45. The largest absolute Gasteiger partial charge is 0.344 e. The molecule has 0 aliphatic heterocycles. The van der Waals surface area contributed by atoms with Crippen LogP contribution in [0.3, 0.4) is 0 Å². The molecule has 1 atom stereocenters. The summed E-state index contributed by atoms with van der Waals surface area (Å²) in [6, 6.07) is 13.5. The summed E-state index contributed by atoms with van der Waals surface area (Å²) in [5, 5.41) is 3.70. The number of benzene rings is 1. The van der Waals surface area contributed by atoms with Gasteiger partial charge in [-0.25, -0.2) is 0 Å². The van der Waals surface area contributed by atoms with Crippen molar-refractivity contribution in [2.75, 3.05) is 5.33 Å². The maximum Gasteiger partial charge on any atom is 0.253 e. The molecule has 0 radical (unpaired) electrons. The Labute approximate surface area is 127 Å². The number of hydrogen-bond donors (Lipinski definition) is 1. The van der Waals surface area contributed by atoms with Gasteiger partial charge in [0.1, 0.15) is 0 Å². The van der Waals surface area contributed by atoms with Crippen LogP contribution in [0.1, 0.15) is 33.4 Å². The maximum atomic E-state index is 12.3. The zero-order valence-electron chi connectivity index (χ0n) is 11.6. The Morgan fingerprint density at radius 1 is 1.20 bits per heavy atom. The van der Waals surface area contributed by atoms with Crippen LogP contribution in [0.25, 0.3) is 0 Å². The van der Waals surface area contributed by atoms with Gasteiger partial charge in [-0.15, -0.1) is 0 Å². The van der Waals surface area contributed by atoms with E-state index in [0.717, 1.165) is 17.0 Å². The van der Waals surface area contributed by atoms with Gasteiger partial charge in [0.2, 0.25) is 0 Å². The lowest BCUT2D eigenvalue weighted by Gasteiger charge is -2.17. The smallest absolute Gasteiger partial charge is 0.253 e. The predicted octanol–water partition coefficient (Wildman–Crippen LogP) is 3.56. The molecule has 0 fully saturated rings. The molecular weight excluding hydrogens is 316 g/mol.